The van der Waals surface area contributed by atoms with E-state index in [2.05, 4.69) is 15.6 Å². The van der Waals surface area contributed by atoms with Crippen molar-refractivity contribution in [3.8, 4) is 0 Å². The lowest BCUT2D eigenvalue weighted by Crippen LogP contribution is -2.39. The van der Waals surface area contributed by atoms with Gasteiger partial charge in [-0.2, -0.15) is 11.3 Å². The van der Waals surface area contributed by atoms with Gasteiger partial charge in [-0.1, -0.05) is 5.21 Å². The molecule has 0 unspecified atom stereocenters. The fourth-order valence-corrected chi connectivity index (χ4v) is 2.85. The maximum absolute atomic E-state index is 11.8. The molecule has 0 aromatic carbocycles. The van der Waals surface area contributed by atoms with E-state index >= 15 is 0 Å². The smallest absolute Gasteiger partial charge is 0.224 e. The van der Waals surface area contributed by atoms with Gasteiger partial charge in [-0.05, 0) is 29.3 Å². The Morgan fingerprint density at radius 2 is 2.55 bits per heavy atom. The monoisotopic (exact) mass is 292 g/mol. The molecule has 2 aromatic rings. The summed E-state index contributed by atoms with van der Waals surface area (Å²) in [7, 11) is 0. The molecule has 6 nitrogen and oxygen atoms in total. The third-order valence-electron chi connectivity index (χ3n) is 3.34. The van der Waals surface area contributed by atoms with Crippen LogP contribution in [0, 0.1) is 6.92 Å². The fourth-order valence-electron chi connectivity index (χ4n) is 2.18. The van der Waals surface area contributed by atoms with Gasteiger partial charge in [0.2, 0.25) is 5.91 Å². The lowest BCUT2D eigenvalue weighted by atomic mass is 10.2. The van der Waals surface area contributed by atoms with Crippen molar-refractivity contribution in [2.75, 3.05) is 6.54 Å². The fraction of sp³-hybridized carbons (Fsp3) is 0.462. The van der Waals surface area contributed by atoms with E-state index in [-0.39, 0.29) is 12.0 Å². The van der Waals surface area contributed by atoms with E-state index in [1.807, 2.05) is 28.4 Å². The van der Waals surface area contributed by atoms with Crippen molar-refractivity contribution in [3.63, 3.8) is 0 Å². The third kappa shape index (κ3) is 2.88. The van der Waals surface area contributed by atoms with E-state index in [0.717, 1.165) is 17.0 Å². The predicted molar refractivity (Wildman–Crippen MR) is 74.4 cm³/mol. The summed E-state index contributed by atoms with van der Waals surface area (Å²) in [4.78, 5) is 11.8. The predicted octanol–water partition coefficient (Wildman–Crippen LogP) is 0.906. The zero-order valence-electron chi connectivity index (χ0n) is 11.2. The van der Waals surface area contributed by atoms with Crippen LogP contribution in [0.4, 0.5) is 0 Å². The first kappa shape index (κ1) is 13.3. The Balaban J connectivity index is 1.49. The first-order chi connectivity index (χ1) is 9.72. The number of aromatic nitrogens is 3. The summed E-state index contributed by atoms with van der Waals surface area (Å²) in [6.07, 6.45) is 0.374. The SMILES string of the molecule is Cc1nnn2c1CO[C@H](CNC(=O)Cc1ccsc1)C2. The quantitative estimate of drug-likeness (QED) is 0.909. The summed E-state index contributed by atoms with van der Waals surface area (Å²) in [5.41, 5.74) is 2.97. The van der Waals surface area contributed by atoms with Crippen molar-refractivity contribution in [2.24, 2.45) is 0 Å². The number of hydrogen-bond acceptors (Lipinski definition) is 5. The molecule has 0 bridgehead atoms. The van der Waals surface area contributed by atoms with Gasteiger partial charge in [0, 0.05) is 6.54 Å². The van der Waals surface area contributed by atoms with Crippen LogP contribution in [0.15, 0.2) is 16.8 Å². The van der Waals surface area contributed by atoms with Gasteiger partial charge in [0.1, 0.15) is 0 Å². The van der Waals surface area contributed by atoms with E-state index in [1.54, 1.807) is 11.3 Å². The zero-order valence-corrected chi connectivity index (χ0v) is 12.0. The van der Waals surface area contributed by atoms with Crippen molar-refractivity contribution in [3.05, 3.63) is 33.8 Å². The van der Waals surface area contributed by atoms with Crippen molar-refractivity contribution in [1.82, 2.24) is 20.3 Å². The number of carbonyl (C=O) groups is 1. The van der Waals surface area contributed by atoms with Gasteiger partial charge in [-0.3, -0.25) is 4.79 Å². The number of nitrogens with one attached hydrogen (secondary N) is 1. The van der Waals surface area contributed by atoms with Crippen LogP contribution in [0.2, 0.25) is 0 Å². The molecule has 3 rings (SSSR count). The summed E-state index contributed by atoms with van der Waals surface area (Å²) in [6.45, 7) is 3.56. The van der Waals surface area contributed by atoms with Gasteiger partial charge >= 0.3 is 0 Å². The molecule has 1 aliphatic rings. The number of ether oxygens (including phenoxy) is 1. The van der Waals surface area contributed by atoms with E-state index < -0.39 is 0 Å². The molecule has 1 amide bonds. The summed E-state index contributed by atoms with van der Waals surface area (Å²) >= 11 is 1.60. The highest BCUT2D eigenvalue weighted by Crippen LogP contribution is 2.14. The van der Waals surface area contributed by atoms with Gasteiger partial charge in [0.25, 0.3) is 0 Å². The molecule has 1 atom stereocenters. The van der Waals surface area contributed by atoms with Crippen molar-refractivity contribution < 1.29 is 9.53 Å². The molecule has 2 aromatic heterocycles. The van der Waals surface area contributed by atoms with Crippen molar-refractivity contribution >= 4 is 17.2 Å². The number of nitrogens with zero attached hydrogens (tertiary/aromatic N) is 3. The van der Waals surface area contributed by atoms with E-state index in [4.69, 9.17) is 4.74 Å². The van der Waals surface area contributed by atoms with E-state index in [9.17, 15) is 4.79 Å². The van der Waals surface area contributed by atoms with Crippen LogP contribution in [-0.2, 0) is 29.1 Å². The van der Waals surface area contributed by atoms with Crippen LogP contribution in [0.5, 0.6) is 0 Å². The maximum Gasteiger partial charge on any atom is 0.224 e. The van der Waals surface area contributed by atoms with Gasteiger partial charge < -0.3 is 10.1 Å². The summed E-state index contributed by atoms with van der Waals surface area (Å²) in [5.74, 6) is 0.0209. The second kappa shape index (κ2) is 5.72. The van der Waals surface area contributed by atoms with Crippen LogP contribution < -0.4 is 5.32 Å². The number of fused-ring (bicyclic) bond motifs is 1. The van der Waals surface area contributed by atoms with Crippen LogP contribution in [-0.4, -0.2) is 33.5 Å². The normalized spacial score (nSPS) is 17.8. The standard InChI is InChI=1S/C13H16N4O2S/c1-9-12-7-19-11(6-17(12)16-15-9)5-14-13(18)4-10-2-3-20-8-10/h2-3,8,11H,4-7H2,1H3,(H,14,18)/t11-/m1/s1. The number of thiophene rings is 1. The summed E-state index contributed by atoms with van der Waals surface area (Å²) in [6, 6.07) is 1.96. The second-order valence-electron chi connectivity index (χ2n) is 4.85. The van der Waals surface area contributed by atoms with Crippen LogP contribution in [0.25, 0.3) is 0 Å². The molecule has 0 fully saturated rings. The van der Waals surface area contributed by atoms with Gasteiger partial charge in [0.15, 0.2) is 0 Å². The first-order valence-corrected chi connectivity index (χ1v) is 7.45. The number of rotatable bonds is 4. The number of aryl methyl sites for hydroxylation is 1. The van der Waals surface area contributed by atoms with Crippen molar-refractivity contribution in [2.45, 2.75) is 32.6 Å². The topological polar surface area (TPSA) is 69.0 Å². The minimum Gasteiger partial charge on any atom is -0.368 e. The highest BCUT2D eigenvalue weighted by Gasteiger charge is 2.22. The van der Waals surface area contributed by atoms with Crippen molar-refractivity contribution in [1.29, 1.82) is 0 Å². The third-order valence-corrected chi connectivity index (χ3v) is 4.07. The van der Waals surface area contributed by atoms with Gasteiger partial charge in [0.05, 0.1) is 37.1 Å². The molecule has 1 aliphatic heterocycles. The van der Waals surface area contributed by atoms with E-state index in [0.29, 0.717) is 26.1 Å². The maximum atomic E-state index is 11.8. The molecule has 0 saturated carbocycles. The molecule has 7 heteroatoms. The Morgan fingerprint density at radius 3 is 3.35 bits per heavy atom. The molecule has 20 heavy (non-hydrogen) atoms. The molecular weight excluding hydrogens is 276 g/mol. The summed E-state index contributed by atoms with van der Waals surface area (Å²) < 4.78 is 7.57. The first-order valence-electron chi connectivity index (χ1n) is 6.50. The molecule has 0 aliphatic carbocycles. The Labute approximate surface area is 120 Å². The average Bonchev–Trinajstić information content (AvgIpc) is 3.07. The second-order valence-corrected chi connectivity index (χ2v) is 5.63. The minimum absolute atomic E-state index is 0.0209. The highest BCUT2D eigenvalue weighted by atomic mass is 32.1. The Kier molecular flexibility index (Phi) is 3.79. The number of carbonyl (C=O) groups excluding carboxylic acids is 1. The van der Waals surface area contributed by atoms with Gasteiger partial charge in [-0.25, -0.2) is 4.68 Å². The summed E-state index contributed by atoms with van der Waals surface area (Å²) in [5, 5.41) is 15.0. The number of hydrogen-bond donors (Lipinski definition) is 1. The molecule has 0 radical (unpaired) electrons. The lowest BCUT2D eigenvalue weighted by molar-refractivity contribution is -0.121. The minimum atomic E-state index is -0.0463. The van der Waals surface area contributed by atoms with Crippen LogP contribution in [0.1, 0.15) is 17.0 Å². The van der Waals surface area contributed by atoms with Crippen LogP contribution in [0.3, 0.4) is 0 Å². The molecule has 1 N–H and O–H groups in total. The largest absolute Gasteiger partial charge is 0.368 e. The Morgan fingerprint density at radius 1 is 1.65 bits per heavy atom. The average molecular weight is 292 g/mol. The molecule has 106 valence electrons. The Hall–Kier alpha value is -1.73. The Bertz CT molecular complexity index is 594. The lowest BCUT2D eigenvalue weighted by Gasteiger charge is -2.24. The van der Waals surface area contributed by atoms with E-state index in [1.165, 1.54) is 0 Å². The van der Waals surface area contributed by atoms with Gasteiger partial charge in [-0.15, -0.1) is 5.10 Å². The molecule has 3 heterocycles. The zero-order chi connectivity index (χ0) is 13.9. The number of amides is 1. The highest BCUT2D eigenvalue weighted by molar-refractivity contribution is 7.07. The molecule has 0 saturated heterocycles. The molecule has 0 spiro atoms. The molecular formula is C13H16N4O2S. The van der Waals surface area contributed by atoms with Crippen LogP contribution >= 0.6 is 11.3 Å².